The summed E-state index contributed by atoms with van der Waals surface area (Å²) >= 11 is 1.57. The van der Waals surface area contributed by atoms with E-state index >= 15 is 0 Å². The number of rotatable bonds is 7. The molecule has 1 unspecified atom stereocenters. The summed E-state index contributed by atoms with van der Waals surface area (Å²) in [6.07, 6.45) is 10.2. The van der Waals surface area contributed by atoms with Gasteiger partial charge in [0.05, 0.1) is 11.8 Å². The first-order valence-electron chi connectivity index (χ1n) is 12.0. The van der Waals surface area contributed by atoms with Crippen LogP contribution in [-0.4, -0.2) is 31.5 Å². The Labute approximate surface area is 188 Å². The van der Waals surface area contributed by atoms with E-state index in [9.17, 15) is 4.79 Å². The highest BCUT2D eigenvalue weighted by molar-refractivity contribution is 8.00. The van der Waals surface area contributed by atoms with E-state index in [-0.39, 0.29) is 16.7 Å². The SMILES string of the molecule is CC(Sc1nnc(C2CC2)n1Cc1ccccc1)C(=O)NC12CC3CC(CC(C3)C1)C2. The Bertz CT molecular complexity index is 932. The van der Waals surface area contributed by atoms with Gasteiger partial charge in [-0.3, -0.25) is 4.79 Å². The molecular weight excluding hydrogens is 404 g/mol. The average molecular weight is 437 g/mol. The van der Waals surface area contributed by atoms with Crippen LogP contribution in [0.5, 0.6) is 0 Å². The first-order chi connectivity index (χ1) is 15.1. The number of hydrogen-bond donors (Lipinski definition) is 1. The molecule has 1 heterocycles. The van der Waals surface area contributed by atoms with Crippen LogP contribution in [-0.2, 0) is 11.3 Å². The molecule has 4 bridgehead atoms. The van der Waals surface area contributed by atoms with Crippen molar-refractivity contribution in [2.75, 3.05) is 0 Å². The zero-order valence-corrected chi connectivity index (χ0v) is 19.1. The fraction of sp³-hybridized carbons (Fsp3) is 0.640. The summed E-state index contributed by atoms with van der Waals surface area (Å²) in [7, 11) is 0. The second kappa shape index (κ2) is 7.65. The van der Waals surface area contributed by atoms with E-state index in [2.05, 4.69) is 44.3 Å². The van der Waals surface area contributed by atoms with Gasteiger partial charge >= 0.3 is 0 Å². The minimum atomic E-state index is -0.168. The molecule has 6 heteroatoms. The predicted octanol–water partition coefficient (Wildman–Crippen LogP) is 4.77. The first-order valence-corrected chi connectivity index (χ1v) is 12.9. The summed E-state index contributed by atoms with van der Waals surface area (Å²) in [5.41, 5.74) is 1.31. The third-order valence-corrected chi connectivity index (χ3v) is 9.03. The van der Waals surface area contributed by atoms with Crippen molar-refractivity contribution in [2.24, 2.45) is 17.8 Å². The first kappa shape index (κ1) is 19.8. The molecule has 1 amide bonds. The molecule has 1 N–H and O–H groups in total. The summed E-state index contributed by atoms with van der Waals surface area (Å²) in [5.74, 6) is 4.30. The quantitative estimate of drug-likeness (QED) is 0.635. The van der Waals surface area contributed by atoms with Crippen molar-refractivity contribution in [3.63, 3.8) is 0 Å². The maximum Gasteiger partial charge on any atom is 0.233 e. The van der Waals surface area contributed by atoms with E-state index in [0.717, 1.165) is 35.3 Å². The second-order valence-electron chi connectivity index (χ2n) is 10.6. The van der Waals surface area contributed by atoms with E-state index in [1.807, 2.05) is 13.0 Å². The second-order valence-corrected chi connectivity index (χ2v) is 11.9. The highest BCUT2D eigenvalue weighted by Gasteiger charge is 2.51. The number of amides is 1. The number of carbonyl (C=O) groups is 1. The molecule has 5 aliphatic carbocycles. The Morgan fingerprint density at radius 3 is 2.35 bits per heavy atom. The highest BCUT2D eigenvalue weighted by atomic mass is 32.2. The van der Waals surface area contributed by atoms with Gasteiger partial charge in [-0.15, -0.1) is 10.2 Å². The van der Waals surface area contributed by atoms with E-state index in [1.165, 1.54) is 56.9 Å². The van der Waals surface area contributed by atoms with Gasteiger partial charge in [-0.05, 0) is 81.6 Å². The molecule has 0 spiro atoms. The molecule has 5 aliphatic rings. The van der Waals surface area contributed by atoms with E-state index < -0.39 is 0 Å². The molecule has 7 rings (SSSR count). The van der Waals surface area contributed by atoms with Crippen molar-refractivity contribution in [1.29, 1.82) is 0 Å². The molecule has 5 fully saturated rings. The highest BCUT2D eigenvalue weighted by Crippen LogP contribution is 2.55. The van der Waals surface area contributed by atoms with Crippen molar-refractivity contribution >= 4 is 17.7 Å². The van der Waals surface area contributed by atoms with E-state index in [4.69, 9.17) is 0 Å². The molecule has 164 valence electrons. The van der Waals surface area contributed by atoms with Gasteiger partial charge in [0.25, 0.3) is 0 Å². The fourth-order valence-electron chi connectivity index (χ4n) is 6.78. The smallest absolute Gasteiger partial charge is 0.233 e. The van der Waals surface area contributed by atoms with Crippen molar-refractivity contribution < 1.29 is 4.79 Å². The molecule has 2 aromatic rings. The average Bonchev–Trinajstić information content (AvgIpc) is 3.50. The summed E-state index contributed by atoms with van der Waals surface area (Å²) < 4.78 is 2.24. The molecule has 0 radical (unpaired) electrons. The van der Waals surface area contributed by atoms with Gasteiger partial charge in [-0.25, -0.2) is 0 Å². The molecule has 31 heavy (non-hydrogen) atoms. The molecule has 1 aromatic carbocycles. The molecule has 5 saturated carbocycles. The number of nitrogens with zero attached hydrogens (tertiary/aromatic N) is 3. The van der Waals surface area contributed by atoms with Crippen LogP contribution < -0.4 is 5.32 Å². The van der Waals surface area contributed by atoms with Crippen LogP contribution in [0.1, 0.15) is 75.6 Å². The zero-order chi connectivity index (χ0) is 21.0. The number of thioether (sulfide) groups is 1. The number of benzene rings is 1. The molecule has 1 aromatic heterocycles. The lowest BCUT2D eigenvalue weighted by atomic mass is 9.53. The Hall–Kier alpha value is -1.82. The van der Waals surface area contributed by atoms with Crippen molar-refractivity contribution in [3.05, 3.63) is 41.7 Å². The number of aromatic nitrogens is 3. The minimum absolute atomic E-state index is 0.0670. The summed E-state index contributed by atoms with van der Waals surface area (Å²) in [6.45, 7) is 2.80. The third-order valence-electron chi connectivity index (χ3n) is 7.95. The fourth-order valence-corrected chi connectivity index (χ4v) is 7.64. The van der Waals surface area contributed by atoms with Crippen molar-refractivity contribution in [3.8, 4) is 0 Å². The summed E-state index contributed by atoms with van der Waals surface area (Å²) in [5, 5.41) is 13.3. The topological polar surface area (TPSA) is 59.8 Å². The van der Waals surface area contributed by atoms with Crippen LogP contribution in [0.2, 0.25) is 0 Å². The van der Waals surface area contributed by atoms with Crippen LogP contribution in [0, 0.1) is 17.8 Å². The van der Waals surface area contributed by atoms with Gasteiger partial charge < -0.3 is 9.88 Å². The lowest BCUT2D eigenvalue weighted by Crippen LogP contribution is -2.60. The molecule has 1 atom stereocenters. The minimum Gasteiger partial charge on any atom is -0.350 e. The number of hydrogen-bond acceptors (Lipinski definition) is 4. The van der Waals surface area contributed by atoms with Crippen molar-refractivity contribution in [1.82, 2.24) is 20.1 Å². The molecule has 5 nitrogen and oxygen atoms in total. The number of carbonyl (C=O) groups excluding carboxylic acids is 1. The predicted molar refractivity (Wildman–Crippen MR) is 122 cm³/mol. The Morgan fingerprint density at radius 2 is 1.74 bits per heavy atom. The summed E-state index contributed by atoms with van der Waals surface area (Å²) in [6, 6.07) is 10.5. The lowest BCUT2D eigenvalue weighted by Gasteiger charge is -2.57. The molecule has 0 saturated heterocycles. The Balaban J connectivity index is 1.17. The van der Waals surface area contributed by atoms with Crippen LogP contribution in [0.25, 0.3) is 0 Å². The summed E-state index contributed by atoms with van der Waals surface area (Å²) in [4.78, 5) is 13.3. The van der Waals surface area contributed by atoms with Crippen LogP contribution in [0.15, 0.2) is 35.5 Å². The van der Waals surface area contributed by atoms with Crippen LogP contribution >= 0.6 is 11.8 Å². The largest absolute Gasteiger partial charge is 0.350 e. The van der Waals surface area contributed by atoms with E-state index in [0.29, 0.717) is 5.92 Å². The Kier molecular flexibility index (Phi) is 4.89. The van der Waals surface area contributed by atoms with Gasteiger partial charge in [0.15, 0.2) is 5.16 Å². The standard InChI is InChI=1S/C25H32N4OS/c1-16(23(30)26-25-12-18-9-19(13-25)11-20(10-18)14-25)31-24-28-27-22(21-7-8-21)29(24)15-17-5-3-2-4-6-17/h2-6,16,18-21H,7-15H2,1H3,(H,26,30). The monoisotopic (exact) mass is 436 g/mol. The lowest BCUT2D eigenvalue weighted by molar-refractivity contribution is -0.126. The van der Waals surface area contributed by atoms with Crippen molar-refractivity contribution in [2.45, 2.75) is 86.7 Å². The Morgan fingerprint density at radius 1 is 1.10 bits per heavy atom. The third kappa shape index (κ3) is 3.92. The van der Waals surface area contributed by atoms with Crippen LogP contribution in [0.4, 0.5) is 0 Å². The molecular formula is C25H32N4OS. The number of nitrogens with one attached hydrogen (secondary N) is 1. The van der Waals surface area contributed by atoms with Crippen LogP contribution in [0.3, 0.4) is 0 Å². The van der Waals surface area contributed by atoms with Gasteiger partial charge in [0.1, 0.15) is 5.82 Å². The van der Waals surface area contributed by atoms with Gasteiger partial charge in [-0.2, -0.15) is 0 Å². The van der Waals surface area contributed by atoms with Gasteiger partial charge in [0, 0.05) is 11.5 Å². The van der Waals surface area contributed by atoms with E-state index in [1.54, 1.807) is 11.8 Å². The van der Waals surface area contributed by atoms with Gasteiger partial charge in [-0.1, -0.05) is 42.1 Å². The normalized spacial score (nSPS) is 32.2. The maximum absolute atomic E-state index is 13.3. The van der Waals surface area contributed by atoms with Gasteiger partial charge in [0.2, 0.25) is 5.91 Å². The zero-order valence-electron chi connectivity index (χ0n) is 18.3. The molecule has 0 aliphatic heterocycles. The maximum atomic E-state index is 13.3.